The summed E-state index contributed by atoms with van der Waals surface area (Å²) >= 11 is 0. The van der Waals surface area contributed by atoms with E-state index < -0.39 is 155 Å². The summed E-state index contributed by atoms with van der Waals surface area (Å²) in [6, 6.07) is -2.62. The minimum atomic E-state index is -3.08. The first-order valence-electron chi connectivity index (χ1n) is 35.2. The minimum absolute atomic E-state index is 0.190. The van der Waals surface area contributed by atoms with E-state index in [9.17, 15) is 75.7 Å². The van der Waals surface area contributed by atoms with Crippen molar-refractivity contribution < 1.29 is 104 Å². The molecule has 18 unspecified atom stereocenters. The van der Waals surface area contributed by atoms with Gasteiger partial charge in [0.25, 0.3) is 5.79 Å². The number of aliphatic carboxylic acids is 1. The van der Waals surface area contributed by atoms with E-state index in [0.717, 1.165) is 64.7 Å². The lowest BCUT2D eigenvalue weighted by Gasteiger charge is -2.50. The predicted molar refractivity (Wildman–Crippen MR) is 343 cm³/mol. The van der Waals surface area contributed by atoms with Crippen LogP contribution in [0, 0.1) is 0 Å². The standard InChI is InChI=1S/C68H124N2O21/c1-4-6-8-10-12-14-16-18-19-20-21-22-23-24-25-26-27-28-29-30-31-33-35-37-39-41-50(75)49(70-55(78)42-40-38-36-34-32-17-15-13-11-9-7-5-2)47-86-65-60(82)59(81)62(54(46-73)88-65)89-66-61(83)64(58(80)53(45-72)87-66)91-68(67(84)85)43-51(76)56(69-48(3)74)63(90-68)57(79)52(77)44-71/h13,15,39,41,49-54,56-66,71-73,75-77,79-83H,4-12,14,16-38,40,42-47H2,1-3H3,(H,69,74)(H,70,78)(H,84,85)/b15-13-,41-39+. The van der Waals surface area contributed by atoms with Crippen molar-refractivity contribution >= 4 is 17.8 Å². The Labute approximate surface area is 543 Å². The molecule has 0 radical (unpaired) electrons. The zero-order chi connectivity index (χ0) is 66.8. The van der Waals surface area contributed by atoms with Crippen molar-refractivity contribution in [3.63, 3.8) is 0 Å². The fourth-order valence-corrected chi connectivity index (χ4v) is 12.2. The second-order valence-electron chi connectivity index (χ2n) is 25.7. The topological polar surface area (TPSA) is 373 Å². The quantitative estimate of drug-likeness (QED) is 0.0230. The Bertz CT molecular complexity index is 1940. The van der Waals surface area contributed by atoms with Gasteiger partial charge in [0.2, 0.25) is 11.8 Å². The number of carbonyl (C=O) groups excluding carboxylic acids is 2. The lowest BCUT2D eigenvalue weighted by Crippen LogP contribution is -2.70. The van der Waals surface area contributed by atoms with E-state index in [1.165, 1.54) is 148 Å². The summed E-state index contributed by atoms with van der Waals surface area (Å²) in [4.78, 5) is 38.5. The van der Waals surface area contributed by atoms with Gasteiger partial charge in [0.1, 0.15) is 67.1 Å². The average molecular weight is 1310 g/mol. The molecule has 18 atom stereocenters. The first-order chi connectivity index (χ1) is 43.9. The minimum Gasteiger partial charge on any atom is -0.477 e. The highest BCUT2D eigenvalue weighted by atomic mass is 16.8. The van der Waals surface area contributed by atoms with E-state index in [0.29, 0.717) is 12.8 Å². The molecule has 3 aliphatic heterocycles. The van der Waals surface area contributed by atoms with Crippen LogP contribution >= 0.6 is 0 Å². The highest BCUT2D eigenvalue weighted by Crippen LogP contribution is 2.39. The number of nitrogens with one attached hydrogen (secondary N) is 2. The molecule has 532 valence electrons. The van der Waals surface area contributed by atoms with Crippen molar-refractivity contribution in [1.29, 1.82) is 0 Å². The van der Waals surface area contributed by atoms with Gasteiger partial charge in [-0.2, -0.15) is 0 Å². The van der Waals surface area contributed by atoms with Crippen LogP contribution in [-0.2, 0) is 42.8 Å². The Morgan fingerprint density at radius 1 is 0.571 bits per heavy atom. The first kappa shape index (κ1) is 82.4. The van der Waals surface area contributed by atoms with Crippen molar-refractivity contribution in [2.75, 3.05) is 26.4 Å². The molecule has 0 spiro atoms. The number of carbonyl (C=O) groups is 3. The maximum Gasteiger partial charge on any atom is 0.364 e. The molecule has 0 aromatic heterocycles. The third-order valence-corrected chi connectivity index (χ3v) is 17.9. The zero-order valence-corrected chi connectivity index (χ0v) is 55.4. The highest BCUT2D eigenvalue weighted by molar-refractivity contribution is 5.77. The second-order valence-corrected chi connectivity index (χ2v) is 25.7. The summed E-state index contributed by atoms with van der Waals surface area (Å²) in [5, 5.41) is 136. The van der Waals surface area contributed by atoms with Crippen LogP contribution < -0.4 is 10.6 Å². The third kappa shape index (κ3) is 31.3. The van der Waals surface area contributed by atoms with Gasteiger partial charge in [0.05, 0.1) is 50.7 Å². The molecule has 0 aromatic carbocycles. The Balaban J connectivity index is 1.57. The molecular weight excluding hydrogens is 1180 g/mol. The summed E-state index contributed by atoms with van der Waals surface area (Å²) in [7, 11) is 0. The van der Waals surface area contributed by atoms with Gasteiger partial charge in [-0.3, -0.25) is 9.59 Å². The Morgan fingerprint density at radius 2 is 1.03 bits per heavy atom. The van der Waals surface area contributed by atoms with Crippen LogP contribution in [0.2, 0.25) is 0 Å². The van der Waals surface area contributed by atoms with Crippen LogP contribution in [0.3, 0.4) is 0 Å². The van der Waals surface area contributed by atoms with E-state index in [-0.39, 0.29) is 12.3 Å². The summed E-state index contributed by atoms with van der Waals surface area (Å²) in [5.74, 6) is -6.15. The maximum atomic E-state index is 13.4. The molecule has 3 rings (SSSR count). The molecule has 3 saturated heterocycles. The molecule has 3 fully saturated rings. The monoisotopic (exact) mass is 1300 g/mol. The van der Waals surface area contributed by atoms with Crippen molar-refractivity contribution in [3.8, 4) is 0 Å². The van der Waals surface area contributed by atoms with Gasteiger partial charge in [0.15, 0.2) is 12.6 Å². The summed E-state index contributed by atoms with van der Waals surface area (Å²) in [6.45, 7) is 2.10. The van der Waals surface area contributed by atoms with E-state index >= 15 is 0 Å². The Kier molecular flexibility index (Phi) is 44.2. The van der Waals surface area contributed by atoms with E-state index in [1.54, 1.807) is 6.08 Å². The second kappa shape index (κ2) is 48.8. The van der Waals surface area contributed by atoms with Crippen molar-refractivity contribution in [3.05, 3.63) is 24.3 Å². The molecule has 91 heavy (non-hydrogen) atoms. The number of allylic oxidation sites excluding steroid dienone is 3. The lowest BCUT2D eigenvalue weighted by atomic mass is 9.88. The van der Waals surface area contributed by atoms with E-state index in [1.807, 2.05) is 6.08 Å². The fourth-order valence-electron chi connectivity index (χ4n) is 12.2. The molecular formula is C68H124N2O21. The van der Waals surface area contributed by atoms with Gasteiger partial charge in [-0.25, -0.2) is 4.79 Å². The highest BCUT2D eigenvalue weighted by Gasteiger charge is 2.60. The molecule has 23 heteroatoms. The van der Waals surface area contributed by atoms with Crippen LogP contribution in [0.25, 0.3) is 0 Å². The maximum absolute atomic E-state index is 13.4. The number of amides is 2. The number of carboxylic acids is 1. The SMILES string of the molecule is CCCCC/C=C\CCCCCCCC(=O)NC(COC1OC(CO)C(OC2OC(CO)C(O)C(OC3(C(=O)O)CC(O)C(NC(C)=O)C(C(O)C(O)CO)O3)C2O)C(O)C1O)C(O)/C=C/CCCCCCCCCCCCCCCCCCCCCCCCC. The van der Waals surface area contributed by atoms with E-state index in [4.69, 9.17) is 28.4 Å². The number of unbranched alkanes of at least 4 members (excludes halogenated alkanes) is 31. The fraction of sp³-hybridized carbons (Fsp3) is 0.897. The normalized spacial score (nSPS) is 28.5. The molecule has 14 N–H and O–H groups in total. The zero-order valence-electron chi connectivity index (χ0n) is 55.4. The Morgan fingerprint density at radius 3 is 1.52 bits per heavy atom. The van der Waals surface area contributed by atoms with Crippen LogP contribution in [0.5, 0.6) is 0 Å². The molecule has 23 nitrogen and oxygen atoms in total. The van der Waals surface area contributed by atoms with Crippen LogP contribution in [0.15, 0.2) is 24.3 Å². The van der Waals surface area contributed by atoms with Crippen LogP contribution in [0.1, 0.15) is 252 Å². The van der Waals surface area contributed by atoms with Crippen LogP contribution in [0.4, 0.5) is 0 Å². The summed E-state index contributed by atoms with van der Waals surface area (Å²) in [5.41, 5.74) is 0. The number of hydrogen-bond donors (Lipinski definition) is 14. The van der Waals surface area contributed by atoms with Gasteiger partial charge < -0.3 is 100 Å². The van der Waals surface area contributed by atoms with Crippen molar-refractivity contribution in [1.82, 2.24) is 10.6 Å². The molecule has 0 saturated carbocycles. The van der Waals surface area contributed by atoms with Crippen LogP contribution in [-0.4, -0.2) is 215 Å². The number of aliphatic hydroxyl groups is 11. The van der Waals surface area contributed by atoms with E-state index in [2.05, 4.69) is 36.6 Å². The third-order valence-electron chi connectivity index (χ3n) is 17.9. The molecule has 3 aliphatic rings. The van der Waals surface area contributed by atoms with Gasteiger partial charge >= 0.3 is 5.97 Å². The number of hydrogen-bond acceptors (Lipinski definition) is 20. The number of aliphatic hydroxyl groups excluding tert-OH is 11. The average Bonchev–Trinajstić information content (AvgIpc) is 0.765. The predicted octanol–water partition coefficient (Wildman–Crippen LogP) is 6.45. The van der Waals surface area contributed by atoms with Crippen molar-refractivity contribution in [2.45, 2.75) is 362 Å². The largest absolute Gasteiger partial charge is 0.477 e. The molecule has 0 aromatic rings. The number of ether oxygens (including phenoxy) is 6. The first-order valence-corrected chi connectivity index (χ1v) is 35.2. The molecule has 0 aliphatic carbocycles. The summed E-state index contributed by atoms with van der Waals surface area (Å²) in [6.07, 6.45) is 19.5. The Hall–Kier alpha value is -2.79. The van der Waals surface area contributed by atoms with Gasteiger partial charge in [-0.15, -0.1) is 0 Å². The lowest BCUT2D eigenvalue weighted by molar-refractivity contribution is -0.386. The molecule has 2 amide bonds. The number of rotatable bonds is 53. The molecule has 0 bridgehead atoms. The summed E-state index contributed by atoms with van der Waals surface area (Å²) < 4.78 is 34.8. The van der Waals surface area contributed by atoms with Gasteiger partial charge in [-0.05, 0) is 44.9 Å². The van der Waals surface area contributed by atoms with Crippen molar-refractivity contribution in [2.24, 2.45) is 0 Å². The smallest absolute Gasteiger partial charge is 0.364 e. The van der Waals surface area contributed by atoms with Gasteiger partial charge in [-0.1, -0.05) is 212 Å². The number of carboxylic acid groups (broad SMARTS) is 1. The van der Waals surface area contributed by atoms with Gasteiger partial charge in [0, 0.05) is 19.8 Å². The molecule has 3 heterocycles.